The van der Waals surface area contributed by atoms with Crippen LogP contribution in [0.4, 0.5) is 4.39 Å². The van der Waals surface area contributed by atoms with Crippen LogP contribution < -0.4 is 15.4 Å². The molecule has 1 aliphatic rings. The van der Waals surface area contributed by atoms with Crippen LogP contribution in [0.3, 0.4) is 0 Å². The lowest BCUT2D eigenvalue weighted by Crippen LogP contribution is -2.55. The molecule has 2 unspecified atom stereocenters. The number of likely N-dealkylation sites (tertiary alicyclic amines) is 1. The summed E-state index contributed by atoms with van der Waals surface area (Å²) in [6.07, 6.45) is 1.90. The van der Waals surface area contributed by atoms with Crippen molar-refractivity contribution in [1.29, 1.82) is 0 Å². The van der Waals surface area contributed by atoms with Gasteiger partial charge in [-0.2, -0.15) is 0 Å². The molecule has 34 heavy (non-hydrogen) atoms. The number of amides is 3. The molecule has 2 aromatic carbocycles. The van der Waals surface area contributed by atoms with Gasteiger partial charge in [-0.1, -0.05) is 13.0 Å². The first kappa shape index (κ1) is 25.2. The molecule has 2 N–H and O–H groups in total. The maximum atomic E-state index is 13.2. The summed E-state index contributed by atoms with van der Waals surface area (Å²) in [6, 6.07) is 11.5. The fourth-order valence-corrected chi connectivity index (χ4v) is 4.03. The van der Waals surface area contributed by atoms with E-state index < -0.39 is 17.8 Å². The number of nitrogens with one attached hydrogen (secondary N) is 2. The van der Waals surface area contributed by atoms with Crippen molar-refractivity contribution in [3.63, 3.8) is 0 Å². The zero-order valence-electron chi connectivity index (χ0n) is 19.8. The normalized spacial score (nSPS) is 15.8. The summed E-state index contributed by atoms with van der Waals surface area (Å²) in [5.74, 6) is -0.723. The van der Waals surface area contributed by atoms with E-state index >= 15 is 0 Å². The maximum Gasteiger partial charge on any atom is 0.253 e. The lowest BCUT2D eigenvalue weighted by atomic mass is 9.88. The average molecular weight is 470 g/mol. The van der Waals surface area contributed by atoms with Crippen molar-refractivity contribution < 1.29 is 23.5 Å². The minimum absolute atomic E-state index is 0.0348. The number of carbonyl (C=O) groups excluding carboxylic acids is 3. The van der Waals surface area contributed by atoms with E-state index in [1.807, 2.05) is 13.8 Å². The topological polar surface area (TPSA) is 87.7 Å². The molecule has 0 spiro atoms. The van der Waals surface area contributed by atoms with E-state index in [9.17, 15) is 18.8 Å². The Labute approximate surface area is 199 Å². The Balaban J connectivity index is 1.70. The zero-order chi connectivity index (χ0) is 24.7. The minimum Gasteiger partial charge on any atom is -0.497 e. The Kier molecular flexibility index (Phi) is 8.62. The molecule has 3 rings (SSSR count). The summed E-state index contributed by atoms with van der Waals surface area (Å²) < 4.78 is 18.5. The van der Waals surface area contributed by atoms with Crippen molar-refractivity contribution >= 4 is 17.7 Å². The van der Waals surface area contributed by atoms with Crippen LogP contribution in [-0.4, -0.2) is 54.9 Å². The number of benzene rings is 2. The molecule has 1 fully saturated rings. The number of ether oxygens (including phenoxy) is 1. The van der Waals surface area contributed by atoms with Gasteiger partial charge in [-0.15, -0.1) is 0 Å². The largest absolute Gasteiger partial charge is 0.497 e. The van der Waals surface area contributed by atoms with Crippen molar-refractivity contribution in [3.05, 3.63) is 65.5 Å². The molecule has 0 bridgehead atoms. The first-order valence-electron chi connectivity index (χ1n) is 11.6. The summed E-state index contributed by atoms with van der Waals surface area (Å²) >= 11 is 0. The Bertz CT molecular complexity index is 1000. The SMILES string of the molecule is CCC(C)NC(=O)C(NC(=O)c1ccc(F)cc1)C1CCN(C(=O)c2cccc(OC)c2)CC1. The molecule has 1 aliphatic heterocycles. The van der Waals surface area contributed by atoms with Crippen LogP contribution in [0.1, 0.15) is 53.8 Å². The number of hydrogen-bond acceptors (Lipinski definition) is 4. The third-order valence-corrected chi connectivity index (χ3v) is 6.29. The highest BCUT2D eigenvalue weighted by molar-refractivity contribution is 5.98. The Morgan fingerprint density at radius 1 is 1.06 bits per heavy atom. The summed E-state index contributed by atoms with van der Waals surface area (Å²) in [6.45, 7) is 4.83. The van der Waals surface area contributed by atoms with Gasteiger partial charge in [0.1, 0.15) is 17.6 Å². The van der Waals surface area contributed by atoms with Gasteiger partial charge in [-0.3, -0.25) is 14.4 Å². The number of rotatable bonds is 8. The lowest BCUT2D eigenvalue weighted by molar-refractivity contribution is -0.125. The molecule has 8 heteroatoms. The van der Waals surface area contributed by atoms with Gasteiger partial charge in [0.2, 0.25) is 5.91 Å². The summed E-state index contributed by atoms with van der Waals surface area (Å²) in [7, 11) is 1.56. The van der Waals surface area contributed by atoms with Crippen LogP contribution in [0.25, 0.3) is 0 Å². The smallest absolute Gasteiger partial charge is 0.253 e. The second-order valence-electron chi connectivity index (χ2n) is 8.64. The predicted molar refractivity (Wildman–Crippen MR) is 127 cm³/mol. The fraction of sp³-hybridized carbons (Fsp3) is 0.423. The van der Waals surface area contributed by atoms with Crippen molar-refractivity contribution in [1.82, 2.24) is 15.5 Å². The minimum atomic E-state index is -0.749. The molecular formula is C26H32FN3O4. The van der Waals surface area contributed by atoms with Crippen LogP contribution >= 0.6 is 0 Å². The van der Waals surface area contributed by atoms with E-state index in [4.69, 9.17) is 4.74 Å². The Hall–Kier alpha value is -3.42. The Morgan fingerprint density at radius 2 is 1.74 bits per heavy atom. The van der Waals surface area contributed by atoms with Crippen LogP contribution in [-0.2, 0) is 4.79 Å². The summed E-state index contributed by atoms with van der Waals surface area (Å²) in [5, 5.41) is 5.81. The van der Waals surface area contributed by atoms with E-state index in [0.717, 1.165) is 6.42 Å². The highest BCUT2D eigenvalue weighted by Gasteiger charge is 2.34. The average Bonchev–Trinajstić information content (AvgIpc) is 2.87. The summed E-state index contributed by atoms with van der Waals surface area (Å²) in [5.41, 5.74) is 0.835. The van der Waals surface area contributed by atoms with Crippen molar-refractivity contribution in [2.24, 2.45) is 5.92 Å². The highest BCUT2D eigenvalue weighted by Crippen LogP contribution is 2.24. The molecular weight excluding hydrogens is 437 g/mol. The summed E-state index contributed by atoms with van der Waals surface area (Å²) in [4.78, 5) is 40.6. The fourth-order valence-electron chi connectivity index (χ4n) is 4.03. The third-order valence-electron chi connectivity index (χ3n) is 6.29. The number of nitrogens with zero attached hydrogens (tertiary/aromatic N) is 1. The molecule has 0 radical (unpaired) electrons. The van der Waals surface area contributed by atoms with Crippen LogP contribution in [0.15, 0.2) is 48.5 Å². The highest BCUT2D eigenvalue weighted by atomic mass is 19.1. The number of carbonyl (C=O) groups is 3. The monoisotopic (exact) mass is 469 g/mol. The lowest BCUT2D eigenvalue weighted by Gasteiger charge is -2.36. The van der Waals surface area contributed by atoms with Gasteiger partial charge in [0.25, 0.3) is 11.8 Å². The van der Waals surface area contributed by atoms with E-state index in [1.54, 1.807) is 36.3 Å². The second-order valence-corrected chi connectivity index (χ2v) is 8.64. The Morgan fingerprint density at radius 3 is 2.35 bits per heavy atom. The number of hydrogen-bond donors (Lipinski definition) is 2. The number of piperidine rings is 1. The standard InChI is InChI=1S/C26H32FN3O4/c1-4-17(2)28-25(32)23(29-24(31)19-8-10-21(27)11-9-19)18-12-14-30(15-13-18)26(33)20-6-5-7-22(16-20)34-3/h5-11,16-18,23H,4,12-15H2,1-3H3,(H,28,32)(H,29,31). The van der Waals surface area contributed by atoms with Crippen LogP contribution in [0.5, 0.6) is 5.75 Å². The van der Waals surface area contributed by atoms with Gasteiger partial charge >= 0.3 is 0 Å². The maximum absolute atomic E-state index is 13.2. The molecule has 2 aromatic rings. The quantitative estimate of drug-likeness (QED) is 0.620. The van der Waals surface area contributed by atoms with Crippen molar-refractivity contribution in [2.75, 3.05) is 20.2 Å². The van der Waals surface area contributed by atoms with Gasteiger partial charge in [-0.05, 0) is 74.6 Å². The molecule has 182 valence electrons. The predicted octanol–water partition coefficient (Wildman–Crippen LogP) is 3.40. The van der Waals surface area contributed by atoms with Crippen LogP contribution in [0.2, 0.25) is 0 Å². The molecule has 3 amide bonds. The number of methoxy groups -OCH3 is 1. The van der Waals surface area contributed by atoms with Crippen molar-refractivity contribution in [3.8, 4) is 5.75 Å². The molecule has 1 saturated heterocycles. The first-order chi connectivity index (χ1) is 16.3. The number of halogens is 1. The van der Waals surface area contributed by atoms with E-state index in [2.05, 4.69) is 10.6 Å². The van der Waals surface area contributed by atoms with Gasteiger partial charge < -0.3 is 20.3 Å². The van der Waals surface area contributed by atoms with Gasteiger partial charge in [-0.25, -0.2) is 4.39 Å². The van der Waals surface area contributed by atoms with Crippen LogP contribution in [0, 0.1) is 11.7 Å². The zero-order valence-corrected chi connectivity index (χ0v) is 19.8. The van der Waals surface area contributed by atoms with E-state index in [1.165, 1.54) is 24.3 Å². The molecule has 2 atom stereocenters. The van der Waals surface area contributed by atoms with Gasteiger partial charge in [0.05, 0.1) is 7.11 Å². The first-order valence-corrected chi connectivity index (χ1v) is 11.6. The molecule has 0 saturated carbocycles. The second kappa shape index (κ2) is 11.6. The molecule has 0 aromatic heterocycles. The van der Waals surface area contributed by atoms with E-state index in [-0.39, 0.29) is 29.3 Å². The van der Waals surface area contributed by atoms with E-state index in [0.29, 0.717) is 37.2 Å². The molecule has 1 heterocycles. The van der Waals surface area contributed by atoms with Crippen molar-refractivity contribution in [2.45, 2.75) is 45.2 Å². The molecule has 0 aliphatic carbocycles. The van der Waals surface area contributed by atoms with Gasteiger partial charge in [0, 0.05) is 30.3 Å². The third kappa shape index (κ3) is 6.34. The van der Waals surface area contributed by atoms with Gasteiger partial charge in [0.15, 0.2) is 0 Å². The molecule has 7 nitrogen and oxygen atoms in total.